The van der Waals surface area contributed by atoms with E-state index in [-0.39, 0.29) is 5.91 Å². The number of anilines is 3. The molecule has 0 bridgehead atoms. The molecule has 0 fully saturated rings. The number of pyridine rings is 1. The van der Waals surface area contributed by atoms with Gasteiger partial charge in [-0.3, -0.25) is 4.79 Å². The molecule has 1 amide bonds. The summed E-state index contributed by atoms with van der Waals surface area (Å²) in [6.07, 6.45) is 2.65. The average molecular weight is 340 g/mol. The Morgan fingerprint density at radius 1 is 1.12 bits per heavy atom. The zero-order valence-electron chi connectivity index (χ0n) is 15.5. The molecule has 2 aromatic rings. The molecule has 0 aliphatic heterocycles. The van der Waals surface area contributed by atoms with E-state index in [0.29, 0.717) is 11.6 Å². The van der Waals surface area contributed by atoms with Crippen molar-refractivity contribution in [2.45, 2.75) is 40.2 Å². The number of hydrogen-bond acceptors (Lipinski definition) is 4. The van der Waals surface area contributed by atoms with Crippen molar-refractivity contribution in [3.05, 3.63) is 48.2 Å². The van der Waals surface area contributed by atoms with E-state index in [1.165, 1.54) is 0 Å². The summed E-state index contributed by atoms with van der Waals surface area (Å²) in [6, 6.07) is 11.8. The lowest BCUT2D eigenvalue weighted by molar-refractivity contribution is 0.102. The maximum atomic E-state index is 12.5. The molecule has 1 heterocycles. The molecule has 5 heteroatoms. The van der Waals surface area contributed by atoms with Crippen LogP contribution in [0.5, 0.6) is 0 Å². The Kier molecular flexibility index (Phi) is 6.81. The van der Waals surface area contributed by atoms with Gasteiger partial charge in [-0.2, -0.15) is 0 Å². The normalized spacial score (nSPS) is 11.7. The summed E-state index contributed by atoms with van der Waals surface area (Å²) in [7, 11) is 0. The van der Waals surface area contributed by atoms with Gasteiger partial charge >= 0.3 is 0 Å². The number of amides is 1. The first kappa shape index (κ1) is 18.8. The maximum absolute atomic E-state index is 12.5. The molecule has 1 aromatic heterocycles. The van der Waals surface area contributed by atoms with Gasteiger partial charge in [0.1, 0.15) is 5.82 Å². The fourth-order valence-corrected chi connectivity index (χ4v) is 2.55. The van der Waals surface area contributed by atoms with Crippen molar-refractivity contribution in [2.75, 3.05) is 28.6 Å². The third-order valence-electron chi connectivity index (χ3n) is 4.28. The molecule has 1 atom stereocenters. The van der Waals surface area contributed by atoms with Gasteiger partial charge in [0.05, 0.1) is 0 Å². The molecule has 0 saturated carbocycles. The number of aromatic nitrogens is 1. The van der Waals surface area contributed by atoms with Crippen LogP contribution < -0.4 is 15.5 Å². The summed E-state index contributed by atoms with van der Waals surface area (Å²) < 4.78 is 0. The van der Waals surface area contributed by atoms with Crippen LogP contribution in [0.1, 0.15) is 44.5 Å². The SMILES string of the molecule is CCC(C)Nc1cc(C(=O)Nc2ccc(N(CC)CC)cc2)ccn1. The largest absolute Gasteiger partial charge is 0.372 e. The molecule has 0 radical (unpaired) electrons. The average Bonchev–Trinajstić information content (AvgIpc) is 2.64. The van der Waals surface area contributed by atoms with Gasteiger partial charge in [-0.1, -0.05) is 6.92 Å². The van der Waals surface area contributed by atoms with Crippen LogP contribution in [0.25, 0.3) is 0 Å². The standard InChI is InChI=1S/C20H28N4O/c1-5-15(4)22-19-14-16(12-13-21-19)20(25)23-17-8-10-18(11-9-17)24(6-2)7-3/h8-15H,5-7H2,1-4H3,(H,21,22)(H,23,25). The van der Waals surface area contributed by atoms with Crippen molar-refractivity contribution in [3.63, 3.8) is 0 Å². The van der Waals surface area contributed by atoms with Gasteiger partial charge < -0.3 is 15.5 Å². The topological polar surface area (TPSA) is 57.3 Å². The zero-order chi connectivity index (χ0) is 18.2. The Morgan fingerprint density at radius 2 is 1.80 bits per heavy atom. The third kappa shape index (κ3) is 5.21. The van der Waals surface area contributed by atoms with Gasteiger partial charge in [-0.15, -0.1) is 0 Å². The van der Waals surface area contributed by atoms with Gasteiger partial charge in [0.25, 0.3) is 5.91 Å². The van der Waals surface area contributed by atoms with Crippen LogP contribution in [-0.4, -0.2) is 30.0 Å². The Labute approximate surface area is 150 Å². The highest BCUT2D eigenvalue weighted by molar-refractivity contribution is 6.04. The summed E-state index contributed by atoms with van der Waals surface area (Å²) in [5.74, 6) is 0.587. The van der Waals surface area contributed by atoms with E-state index < -0.39 is 0 Å². The second kappa shape index (κ2) is 9.06. The van der Waals surface area contributed by atoms with Crippen molar-refractivity contribution in [1.29, 1.82) is 0 Å². The molecule has 25 heavy (non-hydrogen) atoms. The fourth-order valence-electron chi connectivity index (χ4n) is 2.55. The number of nitrogens with one attached hydrogen (secondary N) is 2. The fraction of sp³-hybridized carbons (Fsp3) is 0.400. The second-order valence-electron chi connectivity index (χ2n) is 6.06. The van der Waals surface area contributed by atoms with E-state index >= 15 is 0 Å². The zero-order valence-corrected chi connectivity index (χ0v) is 15.5. The van der Waals surface area contributed by atoms with Crippen molar-refractivity contribution < 1.29 is 4.79 Å². The molecule has 1 unspecified atom stereocenters. The Balaban J connectivity index is 2.05. The first-order chi connectivity index (χ1) is 12.1. The first-order valence-corrected chi connectivity index (χ1v) is 8.96. The predicted molar refractivity (Wildman–Crippen MR) is 106 cm³/mol. The van der Waals surface area contributed by atoms with Gasteiger partial charge in [0, 0.05) is 42.3 Å². The van der Waals surface area contributed by atoms with Gasteiger partial charge in [0.15, 0.2) is 0 Å². The molecule has 5 nitrogen and oxygen atoms in total. The van der Waals surface area contributed by atoms with E-state index in [1.54, 1.807) is 18.3 Å². The minimum Gasteiger partial charge on any atom is -0.372 e. The highest BCUT2D eigenvalue weighted by Crippen LogP contribution is 2.18. The number of carbonyl (C=O) groups excluding carboxylic acids is 1. The molecular weight excluding hydrogens is 312 g/mol. The number of rotatable bonds is 8. The number of benzene rings is 1. The lowest BCUT2D eigenvalue weighted by Gasteiger charge is -2.21. The Morgan fingerprint density at radius 3 is 2.40 bits per heavy atom. The Hall–Kier alpha value is -2.56. The molecular formula is C20H28N4O. The number of carbonyl (C=O) groups is 1. The highest BCUT2D eigenvalue weighted by atomic mass is 16.1. The summed E-state index contributed by atoms with van der Waals surface area (Å²) in [4.78, 5) is 19.0. The van der Waals surface area contributed by atoms with Crippen LogP contribution in [0.15, 0.2) is 42.6 Å². The highest BCUT2D eigenvalue weighted by Gasteiger charge is 2.09. The molecule has 0 spiro atoms. The number of hydrogen-bond donors (Lipinski definition) is 2. The Bertz CT molecular complexity index is 680. The van der Waals surface area contributed by atoms with E-state index in [9.17, 15) is 4.79 Å². The van der Waals surface area contributed by atoms with Crippen LogP contribution in [0.4, 0.5) is 17.2 Å². The van der Waals surface area contributed by atoms with Crippen molar-refractivity contribution >= 4 is 23.1 Å². The third-order valence-corrected chi connectivity index (χ3v) is 4.28. The quantitative estimate of drug-likeness (QED) is 0.748. The maximum Gasteiger partial charge on any atom is 0.255 e. The van der Waals surface area contributed by atoms with E-state index in [2.05, 4.69) is 48.2 Å². The lowest BCUT2D eigenvalue weighted by atomic mass is 10.2. The lowest BCUT2D eigenvalue weighted by Crippen LogP contribution is -2.21. The summed E-state index contributed by atoms with van der Waals surface area (Å²) in [5.41, 5.74) is 2.54. The monoisotopic (exact) mass is 340 g/mol. The van der Waals surface area contributed by atoms with Crippen LogP contribution in [0, 0.1) is 0 Å². The van der Waals surface area contributed by atoms with E-state index in [0.717, 1.165) is 36.7 Å². The van der Waals surface area contributed by atoms with Gasteiger partial charge in [-0.25, -0.2) is 4.98 Å². The van der Waals surface area contributed by atoms with Crippen molar-refractivity contribution in [2.24, 2.45) is 0 Å². The predicted octanol–water partition coefficient (Wildman–Crippen LogP) is 4.39. The molecule has 0 aliphatic rings. The molecule has 0 aliphatic carbocycles. The molecule has 0 saturated heterocycles. The molecule has 2 N–H and O–H groups in total. The van der Waals surface area contributed by atoms with Crippen LogP contribution in [-0.2, 0) is 0 Å². The molecule has 134 valence electrons. The second-order valence-corrected chi connectivity index (χ2v) is 6.06. The first-order valence-electron chi connectivity index (χ1n) is 8.96. The molecule has 1 aromatic carbocycles. The van der Waals surface area contributed by atoms with Crippen LogP contribution in [0.2, 0.25) is 0 Å². The summed E-state index contributed by atoms with van der Waals surface area (Å²) in [5, 5.41) is 6.23. The minimum absolute atomic E-state index is 0.134. The smallest absolute Gasteiger partial charge is 0.255 e. The molecule has 2 rings (SSSR count). The minimum atomic E-state index is -0.134. The van der Waals surface area contributed by atoms with E-state index in [4.69, 9.17) is 0 Å². The van der Waals surface area contributed by atoms with Crippen molar-refractivity contribution in [3.8, 4) is 0 Å². The summed E-state index contributed by atoms with van der Waals surface area (Å²) >= 11 is 0. The van der Waals surface area contributed by atoms with Gasteiger partial charge in [-0.05, 0) is 63.6 Å². The van der Waals surface area contributed by atoms with Gasteiger partial charge in [0.2, 0.25) is 0 Å². The van der Waals surface area contributed by atoms with E-state index in [1.807, 2.05) is 24.3 Å². The van der Waals surface area contributed by atoms with Crippen LogP contribution >= 0.6 is 0 Å². The summed E-state index contributed by atoms with van der Waals surface area (Å²) in [6.45, 7) is 10.4. The number of nitrogens with zero attached hydrogens (tertiary/aromatic N) is 2. The van der Waals surface area contributed by atoms with Crippen LogP contribution in [0.3, 0.4) is 0 Å². The van der Waals surface area contributed by atoms with Crippen molar-refractivity contribution in [1.82, 2.24) is 4.98 Å².